The minimum atomic E-state index is -3.91. The summed E-state index contributed by atoms with van der Waals surface area (Å²) in [5.41, 5.74) is 0. The molecule has 1 atom stereocenters. The molecule has 0 bridgehead atoms. The fourth-order valence-electron chi connectivity index (χ4n) is 1.34. The van der Waals surface area contributed by atoms with E-state index in [0.29, 0.717) is 0 Å². The Morgan fingerprint density at radius 3 is 2.39 bits per heavy atom. The van der Waals surface area contributed by atoms with Gasteiger partial charge in [0.15, 0.2) is 0 Å². The molecule has 0 heterocycles. The molecule has 0 aromatic heterocycles. The van der Waals surface area contributed by atoms with E-state index in [9.17, 15) is 8.42 Å². The van der Waals surface area contributed by atoms with Crippen molar-refractivity contribution in [2.24, 2.45) is 0 Å². The van der Waals surface area contributed by atoms with Crippen molar-refractivity contribution < 1.29 is 18.3 Å². The molecule has 0 fully saturated rings. The van der Waals surface area contributed by atoms with Gasteiger partial charge in [-0.3, -0.25) is 0 Å². The Morgan fingerprint density at radius 1 is 1.39 bits per heavy atom. The van der Waals surface area contributed by atoms with Gasteiger partial charge in [-0.15, -0.1) is 0 Å². The zero-order valence-electron chi connectivity index (χ0n) is 9.56. The van der Waals surface area contributed by atoms with Crippen molar-refractivity contribution in [2.75, 3.05) is 20.3 Å². The van der Waals surface area contributed by atoms with Crippen molar-refractivity contribution >= 4 is 33.2 Å². The zero-order chi connectivity index (χ0) is 13.8. The van der Waals surface area contributed by atoms with E-state index in [1.165, 1.54) is 19.2 Å². The number of sulfonamides is 1. The van der Waals surface area contributed by atoms with Crippen molar-refractivity contribution in [2.45, 2.75) is 10.9 Å². The number of hydrogen-bond acceptors (Lipinski definition) is 4. The van der Waals surface area contributed by atoms with Crippen molar-refractivity contribution in [3.05, 3.63) is 28.2 Å². The van der Waals surface area contributed by atoms with Gasteiger partial charge in [0.1, 0.15) is 4.90 Å². The second-order valence-corrected chi connectivity index (χ2v) is 5.97. The Hall–Kier alpha value is -0.370. The average Bonchev–Trinajstić information content (AvgIpc) is 2.27. The Labute approximate surface area is 116 Å². The summed E-state index contributed by atoms with van der Waals surface area (Å²) in [4.78, 5) is -0.206. The van der Waals surface area contributed by atoms with Gasteiger partial charge in [0.2, 0.25) is 10.0 Å². The predicted molar refractivity (Wildman–Crippen MR) is 69.5 cm³/mol. The van der Waals surface area contributed by atoms with E-state index in [2.05, 4.69) is 4.72 Å². The molecule has 0 aliphatic rings. The predicted octanol–water partition coefficient (Wildman–Crippen LogP) is 1.28. The van der Waals surface area contributed by atoms with Crippen LogP contribution < -0.4 is 4.72 Å². The van der Waals surface area contributed by atoms with Crippen LogP contribution in [0.1, 0.15) is 0 Å². The minimum absolute atomic E-state index is 0.0177. The summed E-state index contributed by atoms with van der Waals surface area (Å²) in [5, 5.41) is 9.07. The van der Waals surface area contributed by atoms with Crippen molar-refractivity contribution in [1.29, 1.82) is 0 Å². The lowest BCUT2D eigenvalue weighted by Crippen LogP contribution is -2.40. The van der Waals surface area contributed by atoms with Crippen LogP contribution in [-0.4, -0.2) is 39.9 Å². The summed E-state index contributed by atoms with van der Waals surface area (Å²) in [5.74, 6) is 0. The molecule has 102 valence electrons. The number of aliphatic hydroxyl groups excluding tert-OH is 1. The van der Waals surface area contributed by atoms with Crippen LogP contribution in [0.3, 0.4) is 0 Å². The van der Waals surface area contributed by atoms with Gasteiger partial charge < -0.3 is 9.84 Å². The topological polar surface area (TPSA) is 75.6 Å². The number of benzene rings is 1. The first-order valence-corrected chi connectivity index (χ1v) is 7.22. The van der Waals surface area contributed by atoms with Gasteiger partial charge in [-0.25, -0.2) is 13.1 Å². The summed E-state index contributed by atoms with van der Waals surface area (Å²) in [6, 6.07) is 3.63. The molecule has 0 aliphatic carbocycles. The lowest BCUT2D eigenvalue weighted by atomic mass is 10.4. The van der Waals surface area contributed by atoms with Crippen LogP contribution in [-0.2, 0) is 14.8 Å². The fourth-order valence-corrected chi connectivity index (χ4v) is 3.70. The summed E-state index contributed by atoms with van der Waals surface area (Å²) in [6.07, 6.45) is 0. The standard InChI is InChI=1S/C10H13Cl2NO4S/c1-17-6-7(5-14)13-18(15,16)10-8(11)3-2-4-9(10)12/h2-4,7,13-14H,5-6H2,1H3. The molecule has 1 aromatic carbocycles. The molecule has 1 rings (SSSR count). The van der Waals surface area contributed by atoms with Crippen LogP contribution >= 0.6 is 23.2 Å². The smallest absolute Gasteiger partial charge is 0.243 e. The number of aliphatic hydroxyl groups is 1. The first-order valence-electron chi connectivity index (χ1n) is 4.98. The molecule has 0 saturated carbocycles. The number of rotatable bonds is 6. The summed E-state index contributed by atoms with van der Waals surface area (Å²) in [6.45, 7) is -0.354. The molecule has 5 nitrogen and oxygen atoms in total. The summed E-state index contributed by atoms with van der Waals surface area (Å²) in [7, 11) is -2.51. The number of hydrogen-bond donors (Lipinski definition) is 2. The molecular formula is C10H13Cl2NO4S. The second-order valence-electron chi connectivity index (χ2n) is 3.51. The SMILES string of the molecule is COCC(CO)NS(=O)(=O)c1c(Cl)cccc1Cl. The number of halogens is 2. The third kappa shape index (κ3) is 3.81. The maximum absolute atomic E-state index is 12.1. The van der Waals surface area contributed by atoms with Crippen molar-refractivity contribution in [1.82, 2.24) is 4.72 Å². The highest BCUT2D eigenvalue weighted by Gasteiger charge is 2.24. The lowest BCUT2D eigenvalue weighted by Gasteiger charge is -2.16. The highest BCUT2D eigenvalue weighted by molar-refractivity contribution is 7.89. The fraction of sp³-hybridized carbons (Fsp3) is 0.400. The summed E-state index contributed by atoms with van der Waals surface area (Å²) >= 11 is 11.6. The van der Waals surface area contributed by atoms with Crippen LogP contribution in [0.25, 0.3) is 0 Å². The molecule has 0 radical (unpaired) electrons. The quantitative estimate of drug-likeness (QED) is 0.829. The van der Waals surface area contributed by atoms with Gasteiger partial charge in [0.25, 0.3) is 0 Å². The molecule has 0 amide bonds. The zero-order valence-corrected chi connectivity index (χ0v) is 11.9. The molecule has 1 unspecified atom stereocenters. The Balaban J connectivity index is 3.06. The molecule has 18 heavy (non-hydrogen) atoms. The Morgan fingerprint density at radius 2 is 1.94 bits per heavy atom. The van der Waals surface area contributed by atoms with Crippen molar-refractivity contribution in [3.63, 3.8) is 0 Å². The second kappa shape index (κ2) is 6.70. The molecule has 1 aromatic rings. The van der Waals surface area contributed by atoms with E-state index in [1.54, 1.807) is 6.07 Å². The van der Waals surface area contributed by atoms with E-state index < -0.39 is 22.7 Å². The molecule has 8 heteroatoms. The van der Waals surface area contributed by atoms with E-state index in [-0.39, 0.29) is 21.5 Å². The molecular weight excluding hydrogens is 301 g/mol. The van der Waals surface area contributed by atoms with E-state index >= 15 is 0 Å². The minimum Gasteiger partial charge on any atom is -0.395 e. The van der Waals surface area contributed by atoms with Gasteiger partial charge in [-0.1, -0.05) is 29.3 Å². The lowest BCUT2D eigenvalue weighted by molar-refractivity contribution is 0.139. The van der Waals surface area contributed by atoms with Gasteiger partial charge >= 0.3 is 0 Å². The van der Waals surface area contributed by atoms with Crippen LogP contribution in [0.4, 0.5) is 0 Å². The Bertz CT molecular complexity index is 486. The molecule has 0 spiro atoms. The number of nitrogens with one attached hydrogen (secondary N) is 1. The number of methoxy groups -OCH3 is 1. The largest absolute Gasteiger partial charge is 0.395 e. The molecule has 2 N–H and O–H groups in total. The van der Waals surface area contributed by atoms with E-state index in [1.807, 2.05) is 0 Å². The average molecular weight is 314 g/mol. The Kier molecular flexibility index (Phi) is 5.84. The first-order chi connectivity index (χ1) is 8.42. The van der Waals surface area contributed by atoms with Crippen LogP contribution in [0.15, 0.2) is 23.1 Å². The van der Waals surface area contributed by atoms with Crippen molar-refractivity contribution in [3.8, 4) is 0 Å². The van der Waals surface area contributed by atoms with Crippen LogP contribution in [0.2, 0.25) is 10.0 Å². The molecule has 0 saturated heterocycles. The maximum atomic E-state index is 12.1. The monoisotopic (exact) mass is 313 g/mol. The van der Waals surface area contributed by atoms with Gasteiger partial charge in [-0.2, -0.15) is 0 Å². The molecule has 0 aliphatic heterocycles. The van der Waals surface area contributed by atoms with Gasteiger partial charge in [0.05, 0.1) is 29.3 Å². The van der Waals surface area contributed by atoms with Gasteiger partial charge in [0, 0.05) is 7.11 Å². The highest BCUT2D eigenvalue weighted by atomic mass is 35.5. The number of ether oxygens (including phenoxy) is 1. The van der Waals surface area contributed by atoms with Gasteiger partial charge in [-0.05, 0) is 12.1 Å². The van der Waals surface area contributed by atoms with Crippen LogP contribution in [0, 0.1) is 0 Å². The summed E-state index contributed by atoms with van der Waals surface area (Å²) < 4.78 is 31.2. The third-order valence-corrected chi connectivity index (χ3v) is 4.57. The van der Waals surface area contributed by atoms with E-state index in [0.717, 1.165) is 0 Å². The maximum Gasteiger partial charge on any atom is 0.243 e. The third-order valence-electron chi connectivity index (χ3n) is 2.10. The first kappa shape index (κ1) is 15.7. The van der Waals surface area contributed by atoms with Crippen LogP contribution in [0.5, 0.6) is 0 Å². The highest BCUT2D eigenvalue weighted by Crippen LogP contribution is 2.28. The van der Waals surface area contributed by atoms with E-state index in [4.69, 9.17) is 33.0 Å². The normalized spacial score (nSPS) is 13.6.